The number of carbonyl (C=O) groups is 1. The van der Waals surface area contributed by atoms with Crippen molar-refractivity contribution in [2.75, 3.05) is 26.7 Å². The number of nitrogens with zero attached hydrogens (tertiary/aromatic N) is 1. The number of hydrogen-bond donors (Lipinski definition) is 1. The van der Waals surface area contributed by atoms with E-state index in [1.807, 2.05) is 6.08 Å². The van der Waals surface area contributed by atoms with E-state index in [1.54, 1.807) is 6.92 Å². The van der Waals surface area contributed by atoms with E-state index < -0.39 is 0 Å². The summed E-state index contributed by atoms with van der Waals surface area (Å²) in [6.45, 7) is 5.05. The van der Waals surface area contributed by atoms with Gasteiger partial charge in [-0.15, -0.1) is 0 Å². The normalized spacial score (nSPS) is 29.1. The molecule has 1 N–H and O–H groups in total. The van der Waals surface area contributed by atoms with E-state index in [0.717, 1.165) is 6.54 Å². The van der Waals surface area contributed by atoms with Gasteiger partial charge in [-0.1, -0.05) is 12.5 Å². The summed E-state index contributed by atoms with van der Waals surface area (Å²) < 4.78 is 4.68. The predicted octanol–water partition coefficient (Wildman–Crippen LogP) is 1.32. The van der Waals surface area contributed by atoms with Gasteiger partial charge in [0.25, 0.3) is 0 Å². The van der Waals surface area contributed by atoms with E-state index in [4.69, 9.17) is 0 Å². The number of esters is 1. The maximum Gasteiger partial charge on any atom is 0.333 e. The van der Waals surface area contributed by atoms with Crippen LogP contribution in [0.5, 0.6) is 0 Å². The highest BCUT2D eigenvalue weighted by molar-refractivity contribution is 5.87. The van der Waals surface area contributed by atoms with E-state index in [1.165, 1.54) is 45.9 Å². The van der Waals surface area contributed by atoms with Crippen molar-refractivity contribution in [3.05, 3.63) is 11.6 Å². The Bertz CT molecular complexity index is 328. The molecule has 0 aromatic carbocycles. The lowest BCUT2D eigenvalue weighted by atomic mass is 9.99. The molecule has 4 nitrogen and oxygen atoms in total. The molecule has 0 spiro atoms. The first kappa shape index (κ1) is 13.6. The Morgan fingerprint density at radius 3 is 3.00 bits per heavy atom. The monoisotopic (exact) mass is 252 g/mol. The predicted molar refractivity (Wildman–Crippen MR) is 71.4 cm³/mol. The molecule has 0 aromatic rings. The molecule has 0 amide bonds. The van der Waals surface area contributed by atoms with Crippen molar-refractivity contribution in [2.45, 2.75) is 44.7 Å². The van der Waals surface area contributed by atoms with Crippen LogP contribution in [0.4, 0.5) is 0 Å². The number of ether oxygens (including phenoxy) is 1. The van der Waals surface area contributed by atoms with E-state index in [2.05, 4.69) is 15.0 Å². The van der Waals surface area contributed by atoms with Crippen LogP contribution >= 0.6 is 0 Å². The molecule has 0 radical (unpaired) electrons. The number of hydrogen-bond acceptors (Lipinski definition) is 4. The summed E-state index contributed by atoms with van der Waals surface area (Å²) in [5.41, 5.74) is 0.684. The molecule has 0 saturated carbocycles. The molecule has 0 bridgehead atoms. The third kappa shape index (κ3) is 3.12. The van der Waals surface area contributed by atoms with Gasteiger partial charge in [0.15, 0.2) is 0 Å². The lowest BCUT2D eigenvalue weighted by Gasteiger charge is -2.32. The summed E-state index contributed by atoms with van der Waals surface area (Å²) in [6, 6.07) is 1.30. The van der Waals surface area contributed by atoms with Crippen molar-refractivity contribution in [1.82, 2.24) is 10.2 Å². The van der Waals surface area contributed by atoms with Gasteiger partial charge in [0.1, 0.15) is 0 Å². The summed E-state index contributed by atoms with van der Waals surface area (Å²) in [5, 5.41) is 3.56. The fourth-order valence-electron chi connectivity index (χ4n) is 3.09. The number of piperidine rings is 1. The standard InChI is InChI=1S/C14H24N2O2/c1-11(14(17)18-2)6-8-15-12-7-10-16-9-4-3-5-13(12)16/h6,12-13,15H,3-5,7-10H2,1-2H3. The molecule has 2 unspecified atom stereocenters. The molecule has 2 saturated heterocycles. The van der Waals surface area contributed by atoms with E-state index in [0.29, 0.717) is 17.7 Å². The van der Waals surface area contributed by atoms with Crippen LogP contribution in [0.3, 0.4) is 0 Å². The second-order valence-electron chi connectivity index (χ2n) is 5.28. The Morgan fingerprint density at radius 2 is 2.22 bits per heavy atom. The Hall–Kier alpha value is -0.870. The van der Waals surface area contributed by atoms with Crippen molar-refractivity contribution < 1.29 is 9.53 Å². The average Bonchev–Trinajstić information content (AvgIpc) is 2.81. The second kappa shape index (κ2) is 6.34. The summed E-state index contributed by atoms with van der Waals surface area (Å²) in [4.78, 5) is 13.8. The van der Waals surface area contributed by atoms with Crippen molar-refractivity contribution in [1.29, 1.82) is 0 Å². The first-order chi connectivity index (χ1) is 8.72. The minimum atomic E-state index is -0.234. The number of fused-ring (bicyclic) bond motifs is 1. The molecule has 2 fully saturated rings. The van der Waals surface area contributed by atoms with Crippen molar-refractivity contribution in [2.24, 2.45) is 0 Å². The molecular weight excluding hydrogens is 228 g/mol. The Morgan fingerprint density at radius 1 is 1.39 bits per heavy atom. The Balaban J connectivity index is 1.78. The molecule has 102 valence electrons. The first-order valence-electron chi connectivity index (χ1n) is 6.95. The SMILES string of the molecule is COC(=O)C(C)=CCNC1CCN2CCCCC12. The zero-order chi connectivity index (χ0) is 13.0. The number of rotatable bonds is 4. The molecular formula is C14H24N2O2. The summed E-state index contributed by atoms with van der Waals surface area (Å²) in [6.07, 6.45) is 7.19. The summed E-state index contributed by atoms with van der Waals surface area (Å²) >= 11 is 0. The van der Waals surface area contributed by atoms with Gasteiger partial charge in [-0.2, -0.15) is 0 Å². The van der Waals surface area contributed by atoms with Gasteiger partial charge < -0.3 is 10.1 Å². The summed E-state index contributed by atoms with van der Waals surface area (Å²) in [5.74, 6) is -0.234. The van der Waals surface area contributed by atoms with Crippen LogP contribution in [0.25, 0.3) is 0 Å². The molecule has 4 heteroatoms. The highest BCUT2D eigenvalue weighted by Crippen LogP contribution is 2.26. The molecule has 0 aliphatic carbocycles. The maximum absolute atomic E-state index is 11.2. The van der Waals surface area contributed by atoms with Crippen LogP contribution in [0.1, 0.15) is 32.6 Å². The van der Waals surface area contributed by atoms with Gasteiger partial charge in [-0.05, 0) is 32.7 Å². The summed E-state index contributed by atoms with van der Waals surface area (Å²) in [7, 11) is 1.42. The Kier molecular flexibility index (Phi) is 4.78. The first-order valence-corrected chi connectivity index (χ1v) is 6.95. The van der Waals surface area contributed by atoms with E-state index in [9.17, 15) is 4.79 Å². The van der Waals surface area contributed by atoms with E-state index in [-0.39, 0.29) is 5.97 Å². The highest BCUT2D eigenvalue weighted by Gasteiger charge is 2.34. The molecule has 2 heterocycles. The van der Waals surface area contributed by atoms with Crippen molar-refractivity contribution in [3.8, 4) is 0 Å². The van der Waals surface area contributed by atoms with Crippen molar-refractivity contribution in [3.63, 3.8) is 0 Å². The quantitative estimate of drug-likeness (QED) is 0.605. The number of methoxy groups -OCH3 is 1. The van der Waals surface area contributed by atoms with Gasteiger partial charge in [0.05, 0.1) is 7.11 Å². The third-order valence-corrected chi connectivity index (χ3v) is 4.15. The number of carbonyl (C=O) groups excluding carboxylic acids is 1. The lowest BCUT2D eigenvalue weighted by molar-refractivity contribution is -0.136. The molecule has 2 aliphatic heterocycles. The third-order valence-electron chi connectivity index (χ3n) is 4.15. The maximum atomic E-state index is 11.2. The minimum absolute atomic E-state index is 0.234. The van der Waals surface area contributed by atoms with Crippen LogP contribution in [0.15, 0.2) is 11.6 Å². The van der Waals surface area contributed by atoms with Gasteiger partial charge in [0, 0.05) is 30.7 Å². The van der Waals surface area contributed by atoms with Gasteiger partial charge in [-0.25, -0.2) is 4.79 Å². The molecule has 2 atom stereocenters. The smallest absolute Gasteiger partial charge is 0.333 e. The van der Waals surface area contributed by atoms with Gasteiger partial charge >= 0.3 is 5.97 Å². The van der Waals surface area contributed by atoms with Gasteiger partial charge in [0.2, 0.25) is 0 Å². The second-order valence-corrected chi connectivity index (χ2v) is 5.28. The van der Waals surface area contributed by atoms with Crippen molar-refractivity contribution >= 4 is 5.97 Å². The molecule has 0 aromatic heterocycles. The largest absolute Gasteiger partial charge is 0.466 e. The highest BCUT2D eigenvalue weighted by atomic mass is 16.5. The van der Waals surface area contributed by atoms with Crippen LogP contribution in [-0.4, -0.2) is 49.7 Å². The van der Waals surface area contributed by atoms with Crippen LogP contribution in [0, 0.1) is 0 Å². The van der Waals surface area contributed by atoms with Crippen LogP contribution < -0.4 is 5.32 Å². The molecule has 2 rings (SSSR count). The average molecular weight is 252 g/mol. The minimum Gasteiger partial charge on any atom is -0.466 e. The zero-order valence-electron chi connectivity index (χ0n) is 11.4. The lowest BCUT2D eigenvalue weighted by Crippen LogP contribution is -2.44. The Labute approximate surface area is 109 Å². The molecule has 18 heavy (non-hydrogen) atoms. The molecule has 2 aliphatic rings. The fraction of sp³-hybridized carbons (Fsp3) is 0.786. The fourth-order valence-corrected chi connectivity index (χ4v) is 3.09. The van der Waals surface area contributed by atoms with Gasteiger partial charge in [-0.3, -0.25) is 4.90 Å². The van der Waals surface area contributed by atoms with Crippen LogP contribution in [0.2, 0.25) is 0 Å². The van der Waals surface area contributed by atoms with E-state index >= 15 is 0 Å². The van der Waals surface area contributed by atoms with Crippen LogP contribution in [-0.2, 0) is 9.53 Å². The topological polar surface area (TPSA) is 41.6 Å². The zero-order valence-corrected chi connectivity index (χ0v) is 11.4. The number of nitrogens with one attached hydrogen (secondary N) is 1.